The van der Waals surface area contributed by atoms with Gasteiger partial charge in [-0.3, -0.25) is 9.59 Å². The summed E-state index contributed by atoms with van der Waals surface area (Å²) in [6, 6.07) is 6.74. The number of rotatable bonds is 5. The Kier molecular flexibility index (Phi) is 3.73. The molecule has 5 heteroatoms. The van der Waals surface area contributed by atoms with Crippen molar-refractivity contribution in [2.24, 2.45) is 11.1 Å². The van der Waals surface area contributed by atoms with Gasteiger partial charge in [0.25, 0.3) is 5.91 Å². The summed E-state index contributed by atoms with van der Waals surface area (Å²) in [5.41, 5.74) is 5.21. The SMILES string of the molecule is CC(C)(CNc1ccccc1C(N)=O)C(=O)O. The number of benzene rings is 1. The van der Waals surface area contributed by atoms with Gasteiger partial charge in [0, 0.05) is 12.2 Å². The number of nitrogens with two attached hydrogens (primary N) is 1. The number of hydrogen-bond acceptors (Lipinski definition) is 3. The first-order chi connectivity index (χ1) is 7.84. The minimum absolute atomic E-state index is 0.215. The second-order valence-electron chi connectivity index (χ2n) is 4.45. The molecule has 0 atom stereocenters. The molecule has 0 aliphatic rings. The van der Waals surface area contributed by atoms with Gasteiger partial charge < -0.3 is 16.2 Å². The Morgan fingerprint density at radius 3 is 2.47 bits per heavy atom. The molecule has 0 aliphatic carbocycles. The number of anilines is 1. The average Bonchev–Trinajstić information content (AvgIpc) is 2.26. The number of carboxylic acid groups (broad SMARTS) is 1. The highest BCUT2D eigenvalue weighted by Crippen LogP contribution is 2.19. The van der Waals surface area contributed by atoms with Gasteiger partial charge >= 0.3 is 5.97 Å². The lowest BCUT2D eigenvalue weighted by molar-refractivity contribution is -0.146. The highest BCUT2D eigenvalue weighted by Gasteiger charge is 2.27. The molecule has 0 aromatic heterocycles. The number of carboxylic acids is 1. The molecular weight excluding hydrogens is 220 g/mol. The van der Waals surface area contributed by atoms with E-state index in [1.807, 2.05) is 0 Å². The lowest BCUT2D eigenvalue weighted by Crippen LogP contribution is -2.32. The van der Waals surface area contributed by atoms with E-state index in [-0.39, 0.29) is 6.54 Å². The highest BCUT2D eigenvalue weighted by molar-refractivity contribution is 5.98. The topological polar surface area (TPSA) is 92.4 Å². The maximum absolute atomic E-state index is 11.1. The van der Waals surface area contributed by atoms with Crippen molar-refractivity contribution in [3.8, 4) is 0 Å². The van der Waals surface area contributed by atoms with E-state index >= 15 is 0 Å². The number of aliphatic carboxylic acids is 1. The zero-order valence-corrected chi connectivity index (χ0v) is 9.86. The van der Waals surface area contributed by atoms with Crippen LogP contribution in [-0.2, 0) is 4.79 Å². The number of carbonyl (C=O) groups excluding carboxylic acids is 1. The number of amides is 1. The summed E-state index contributed by atoms with van der Waals surface area (Å²) >= 11 is 0. The quantitative estimate of drug-likeness (QED) is 0.718. The molecule has 1 rings (SSSR count). The van der Waals surface area contributed by atoms with Gasteiger partial charge in [-0.15, -0.1) is 0 Å². The van der Waals surface area contributed by atoms with E-state index in [0.29, 0.717) is 11.3 Å². The second kappa shape index (κ2) is 4.86. The first-order valence-electron chi connectivity index (χ1n) is 5.20. The number of carbonyl (C=O) groups is 2. The van der Waals surface area contributed by atoms with Gasteiger partial charge in [-0.2, -0.15) is 0 Å². The molecule has 4 N–H and O–H groups in total. The maximum atomic E-state index is 11.1. The monoisotopic (exact) mass is 236 g/mol. The Morgan fingerprint density at radius 1 is 1.35 bits per heavy atom. The Morgan fingerprint density at radius 2 is 1.94 bits per heavy atom. The molecule has 0 heterocycles. The Labute approximate surface area is 99.6 Å². The molecular formula is C12H16N2O3. The molecule has 0 radical (unpaired) electrons. The summed E-state index contributed by atoms with van der Waals surface area (Å²) in [4.78, 5) is 22.1. The van der Waals surface area contributed by atoms with Crippen LogP contribution in [0.1, 0.15) is 24.2 Å². The van der Waals surface area contributed by atoms with Gasteiger partial charge in [0.15, 0.2) is 0 Å². The average molecular weight is 236 g/mol. The van der Waals surface area contributed by atoms with Crippen LogP contribution in [0.4, 0.5) is 5.69 Å². The Hall–Kier alpha value is -2.04. The third kappa shape index (κ3) is 3.21. The normalized spacial score (nSPS) is 10.9. The van der Waals surface area contributed by atoms with Crippen LogP contribution in [0, 0.1) is 5.41 Å². The van der Waals surface area contributed by atoms with Crippen molar-refractivity contribution in [2.75, 3.05) is 11.9 Å². The first kappa shape index (κ1) is 13.0. The predicted molar refractivity (Wildman–Crippen MR) is 64.9 cm³/mol. The lowest BCUT2D eigenvalue weighted by atomic mass is 9.93. The van der Waals surface area contributed by atoms with Crippen LogP contribution in [0.3, 0.4) is 0 Å². The van der Waals surface area contributed by atoms with Crippen molar-refractivity contribution in [1.29, 1.82) is 0 Å². The summed E-state index contributed by atoms with van der Waals surface area (Å²) in [5.74, 6) is -1.44. The highest BCUT2D eigenvalue weighted by atomic mass is 16.4. The molecule has 17 heavy (non-hydrogen) atoms. The van der Waals surface area contributed by atoms with Crippen molar-refractivity contribution in [3.05, 3.63) is 29.8 Å². The first-order valence-corrected chi connectivity index (χ1v) is 5.20. The van der Waals surface area contributed by atoms with E-state index in [9.17, 15) is 9.59 Å². The molecule has 0 saturated carbocycles. The van der Waals surface area contributed by atoms with E-state index in [0.717, 1.165) is 0 Å². The minimum atomic E-state index is -0.912. The zero-order valence-electron chi connectivity index (χ0n) is 9.86. The summed E-state index contributed by atoms with van der Waals surface area (Å²) in [5, 5.41) is 11.9. The van der Waals surface area contributed by atoms with E-state index in [1.54, 1.807) is 38.1 Å². The van der Waals surface area contributed by atoms with Crippen molar-refractivity contribution in [3.63, 3.8) is 0 Å². The molecule has 0 spiro atoms. The summed E-state index contributed by atoms with van der Waals surface area (Å²) in [6.07, 6.45) is 0. The van der Waals surface area contributed by atoms with Gasteiger partial charge in [0.1, 0.15) is 0 Å². The largest absolute Gasteiger partial charge is 0.481 e. The molecule has 0 fully saturated rings. The molecule has 1 aromatic rings. The van der Waals surface area contributed by atoms with Gasteiger partial charge in [-0.25, -0.2) is 0 Å². The van der Waals surface area contributed by atoms with Crippen molar-refractivity contribution >= 4 is 17.6 Å². The lowest BCUT2D eigenvalue weighted by Gasteiger charge is -2.21. The minimum Gasteiger partial charge on any atom is -0.481 e. The number of hydrogen-bond donors (Lipinski definition) is 3. The van der Waals surface area contributed by atoms with Gasteiger partial charge in [-0.1, -0.05) is 12.1 Å². The van der Waals surface area contributed by atoms with Crippen LogP contribution >= 0.6 is 0 Å². The van der Waals surface area contributed by atoms with E-state index in [2.05, 4.69) is 5.32 Å². The zero-order chi connectivity index (χ0) is 13.1. The standard InChI is InChI=1S/C12H16N2O3/c1-12(2,11(16)17)7-14-9-6-4-3-5-8(9)10(13)15/h3-6,14H,7H2,1-2H3,(H2,13,15)(H,16,17). The summed E-state index contributed by atoms with van der Waals surface area (Å²) in [7, 11) is 0. The predicted octanol–water partition coefficient (Wildman–Crippen LogP) is 1.31. The maximum Gasteiger partial charge on any atom is 0.310 e. The Balaban J connectivity index is 2.83. The van der Waals surface area contributed by atoms with Crippen molar-refractivity contribution in [2.45, 2.75) is 13.8 Å². The van der Waals surface area contributed by atoms with Crippen molar-refractivity contribution < 1.29 is 14.7 Å². The van der Waals surface area contributed by atoms with Crippen LogP contribution in [0.5, 0.6) is 0 Å². The number of primary amides is 1. The molecule has 1 amide bonds. The fraction of sp³-hybridized carbons (Fsp3) is 0.333. The molecule has 92 valence electrons. The smallest absolute Gasteiger partial charge is 0.310 e. The molecule has 1 aromatic carbocycles. The van der Waals surface area contributed by atoms with Gasteiger partial charge in [0.05, 0.1) is 11.0 Å². The second-order valence-corrected chi connectivity index (χ2v) is 4.45. The Bertz CT molecular complexity index is 441. The van der Waals surface area contributed by atoms with Crippen molar-refractivity contribution in [1.82, 2.24) is 0 Å². The summed E-state index contributed by atoms with van der Waals surface area (Å²) in [6.45, 7) is 3.43. The van der Waals surface area contributed by atoms with Gasteiger partial charge in [-0.05, 0) is 26.0 Å². The van der Waals surface area contributed by atoms with Gasteiger partial charge in [0.2, 0.25) is 0 Å². The molecule has 5 nitrogen and oxygen atoms in total. The van der Waals surface area contributed by atoms with Crippen LogP contribution < -0.4 is 11.1 Å². The number of nitrogens with one attached hydrogen (secondary N) is 1. The molecule has 0 bridgehead atoms. The molecule has 0 aliphatic heterocycles. The molecule has 0 unspecified atom stereocenters. The fourth-order valence-electron chi connectivity index (χ4n) is 1.24. The van der Waals surface area contributed by atoms with Crippen LogP contribution in [0.2, 0.25) is 0 Å². The van der Waals surface area contributed by atoms with Crippen LogP contribution in [0.15, 0.2) is 24.3 Å². The fourth-order valence-corrected chi connectivity index (χ4v) is 1.24. The summed E-state index contributed by atoms with van der Waals surface area (Å²) < 4.78 is 0. The van der Waals surface area contributed by atoms with E-state index < -0.39 is 17.3 Å². The van der Waals surface area contributed by atoms with E-state index in [4.69, 9.17) is 10.8 Å². The van der Waals surface area contributed by atoms with E-state index in [1.165, 1.54) is 0 Å². The third-order valence-electron chi connectivity index (χ3n) is 2.49. The van der Waals surface area contributed by atoms with Crippen LogP contribution in [0.25, 0.3) is 0 Å². The third-order valence-corrected chi connectivity index (χ3v) is 2.49. The number of para-hydroxylation sites is 1. The molecule has 0 saturated heterocycles. The van der Waals surface area contributed by atoms with Crippen LogP contribution in [-0.4, -0.2) is 23.5 Å².